The summed E-state index contributed by atoms with van der Waals surface area (Å²) in [6, 6.07) is 5.18. The van der Waals surface area contributed by atoms with Crippen LogP contribution in [-0.2, 0) is 6.42 Å². The van der Waals surface area contributed by atoms with Crippen LogP contribution in [0.1, 0.15) is 32.8 Å². The summed E-state index contributed by atoms with van der Waals surface area (Å²) in [6.45, 7) is 6.23. The van der Waals surface area contributed by atoms with E-state index >= 15 is 0 Å². The van der Waals surface area contributed by atoms with Gasteiger partial charge in [0.25, 0.3) is 5.69 Å². The fourth-order valence-electron chi connectivity index (χ4n) is 1.66. The van der Waals surface area contributed by atoms with E-state index in [1.165, 1.54) is 6.07 Å². The first-order valence-corrected chi connectivity index (χ1v) is 6.69. The second-order valence-corrected chi connectivity index (χ2v) is 6.46. The Labute approximate surface area is 116 Å². The number of aryl methyl sites for hydroxylation is 1. The molecule has 5 heteroatoms. The van der Waals surface area contributed by atoms with E-state index < -0.39 is 0 Å². The fraction of sp³-hybridized carbons (Fsp3) is 0.538. The van der Waals surface area contributed by atoms with E-state index in [2.05, 4.69) is 36.7 Å². The minimum Gasteiger partial charge on any atom is -0.327 e. The lowest BCUT2D eigenvalue weighted by Gasteiger charge is -2.26. The highest BCUT2D eigenvalue weighted by Gasteiger charge is 2.22. The molecule has 0 aromatic heterocycles. The number of nitrogens with two attached hydrogens (primary N) is 1. The maximum atomic E-state index is 11.0. The van der Waals surface area contributed by atoms with Crippen molar-refractivity contribution in [3.63, 3.8) is 0 Å². The van der Waals surface area contributed by atoms with Gasteiger partial charge in [-0.2, -0.15) is 0 Å². The molecule has 0 fully saturated rings. The van der Waals surface area contributed by atoms with E-state index in [1.54, 1.807) is 6.07 Å². The van der Waals surface area contributed by atoms with Gasteiger partial charge in [0.15, 0.2) is 0 Å². The molecule has 100 valence electrons. The van der Waals surface area contributed by atoms with Crippen LogP contribution in [0.5, 0.6) is 0 Å². The Hall–Kier alpha value is -0.940. The number of nitro benzene ring substituents is 1. The number of halogens is 1. The molecule has 1 atom stereocenters. The molecule has 0 bridgehead atoms. The molecular weight excluding hydrogens is 296 g/mol. The predicted molar refractivity (Wildman–Crippen MR) is 76.5 cm³/mol. The Morgan fingerprint density at radius 2 is 2.06 bits per heavy atom. The minimum atomic E-state index is -0.345. The van der Waals surface area contributed by atoms with Crippen LogP contribution >= 0.6 is 15.9 Å². The summed E-state index contributed by atoms with van der Waals surface area (Å²) in [6.07, 6.45) is 1.37. The molecule has 0 aliphatic carbocycles. The quantitative estimate of drug-likeness (QED) is 0.681. The highest BCUT2D eigenvalue weighted by Crippen LogP contribution is 2.27. The van der Waals surface area contributed by atoms with Crippen molar-refractivity contribution >= 4 is 21.6 Å². The van der Waals surface area contributed by atoms with Crippen molar-refractivity contribution in [3.8, 4) is 0 Å². The molecule has 2 N–H and O–H groups in total. The van der Waals surface area contributed by atoms with Crippen molar-refractivity contribution in [2.24, 2.45) is 11.1 Å². The average molecular weight is 315 g/mol. The zero-order valence-electron chi connectivity index (χ0n) is 10.9. The molecule has 0 heterocycles. The number of benzene rings is 1. The molecule has 0 amide bonds. The van der Waals surface area contributed by atoms with Gasteiger partial charge in [0.1, 0.15) is 0 Å². The third-order valence-electron chi connectivity index (χ3n) is 3.08. The average Bonchev–Trinajstić information content (AvgIpc) is 2.25. The standard InChI is InChI=1S/C13H19BrN2O2/c1-13(2,3)12(15)7-5-9-4-6-10(14)8-11(9)16(17)18/h4,6,8,12H,5,7,15H2,1-3H3. The topological polar surface area (TPSA) is 69.2 Å². The summed E-state index contributed by atoms with van der Waals surface area (Å²) < 4.78 is 0.720. The van der Waals surface area contributed by atoms with Gasteiger partial charge in [0.05, 0.1) is 4.92 Å². The zero-order valence-corrected chi connectivity index (χ0v) is 12.5. The van der Waals surface area contributed by atoms with Crippen LogP contribution < -0.4 is 5.73 Å². The SMILES string of the molecule is CC(C)(C)C(N)CCc1ccc(Br)cc1[N+](=O)[O-]. The normalized spacial score (nSPS) is 13.4. The van der Waals surface area contributed by atoms with Crippen LogP contribution in [0.4, 0.5) is 5.69 Å². The summed E-state index contributed by atoms with van der Waals surface area (Å²) in [7, 11) is 0. The van der Waals surface area contributed by atoms with Gasteiger partial charge >= 0.3 is 0 Å². The molecule has 1 aromatic rings. The summed E-state index contributed by atoms with van der Waals surface area (Å²) in [5.41, 5.74) is 6.99. The molecule has 1 rings (SSSR count). The van der Waals surface area contributed by atoms with Crippen LogP contribution in [0.3, 0.4) is 0 Å². The molecule has 0 radical (unpaired) electrons. The predicted octanol–water partition coefficient (Wildman–Crippen LogP) is 3.66. The summed E-state index contributed by atoms with van der Waals surface area (Å²) in [5.74, 6) is 0. The number of nitro groups is 1. The first kappa shape index (κ1) is 15.1. The highest BCUT2D eigenvalue weighted by atomic mass is 79.9. The van der Waals surface area contributed by atoms with Crippen LogP contribution in [0.25, 0.3) is 0 Å². The van der Waals surface area contributed by atoms with Crippen LogP contribution in [-0.4, -0.2) is 11.0 Å². The van der Waals surface area contributed by atoms with Crippen LogP contribution in [0.2, 0.25) is 0 Å². The Morgan fingerprint density at radius 3 is 2.56 bits per heavy atom. The van der Waals surface area contributed by atoms with Gasteiger partial charge in [-0.05, 0) is 24.3 Å². The van der Waals surface area contributed by atoms with E-state index in [4.69, 9.17) is 5.73 Å². The Morgan fingerprint density at radius 1 is 1.44 bits per heavy atom. The summed E-state index contributed by atoms with van der Waals surface area (Å²) in [5, 5.41) is 11.0. The van der Waals surface area contributed by atoms with Gasteiger partial charge in [0.2, 0.25) is 0 Å². The van der Waals surface area contributed by atoms with Gasteiger partial charge in [-0.15, -0.1) is 0 Å². The van der Waals surface area contributed by atoms with E-state index in [0.29, 0.717) is 6.42 Å². The van der Waals surface area contributed by atoms with Gasteiger partial charge < -0.3 is 5.73 Å². The molecule has 1 aromatic carbocycles. The maximum Gasteiger partial charge on any atom is 0.273 e. The first-order valence-electron chi connectivity index (χ1n) is 5.90. The van der Waals surface area contributed by atoms with Gasteiger partial charge in [-0.1, -0.05) is 42.8 Å². The molecule has 0 saturated carbocycles. The Balaban J connectivity index is 2.82. The largest absolute Gasteiger partial charge is 0.327 e. The Bertz CT molecular complexity index is 441. The van der Waals surface area contributed by atoms with Crippen molar-refractivity contribution in [3.05, 3.63) is 38.3 Å². The van der Waals surface area contributed by atoms with E-state index in [-0.39, 0.29) is 22.1 Å². The third kappa shape index (κ3) is 4.07. The summed E-state index contributed by atoms with van der Waals surface area (Å²) >= 11 is 3.25. The van der Waals surface area contributed by atoms with Gasteiger partial charge in [-0.3, -0.25) is 10.1 Å². The molecule has 4 nitrogen and oxygen atoms in total. The summed E-state index contributed by atoms with van der Waals surface area (Å²) in [4.78, 5) is 10.6. The third-order valence-corrected chi connectivity index (χ3v) is 3.57. The first-order chi connectivity index (χ1) is 8.21. The molecule has 0 spiro atoms. The lowest BCUT2D eigenvalue weighted by atomic mass is 9.84. The second kappa shape index (κ2) is 5.80. The molecular formula is C13H19BrN2O2. The number of hydrogen-bond acceptors (Lipinski definition) is 3. The lowest BCUT2D eigenvalue weighted by Crippen LogP contribution is -2.35. The lowest BCUT2D eigenvalue weighted by molar-refractivity contribution is -0.385. The number of hydrogen-bond donors (Lipinski definition) is 1. The van der Waals surface area contributed by atoms with Crippen molar-refractivity contribution in [1.29, 1.82) is 0 Å². The molecule has 18 heavy (non-hydrogen) atoms. The monoisotopic (exact) mass is 314 g/mol. The van der Waals surface area contributed by atoms with E-state index in [0.717, 1.165) is 16.5 Å². The van der Waals surface area contributed by atoms with Crippen LogP contribution in [0.15, 0.2) is 22.7 Å². The van der Waals surface area contributed by atoms with E-state index in [1.807, 2.05) is 6.07 Å². The molecule has 1 unspecified atom stereocenters. The molecule has 0 saturated heterocycles. The number of rotatable bonds is 4. The fourth-order valence-corrected chi connectivity index (χ4v) is 2.01. The van der Waals surface area contributed by atoms with E-state index in [9.17, 15) is 10.1 Å². The maximum absolute atomic E-state index is 11.0. The smallest absolute Gasteiger partial charge is 0.273 e. The minimum absolute atomic E-state index is 0.0180. The number of nitrogens with zero attached hydrogens (tertiary/aromatic N) is 1. The van der Waals surface area contributed by atoms with Gasteiger partial charge in [0, 0.05) is 22.1 Å². The van der Waals surface area contributed by atoms with Crippen LogP contribution in [0, 0.1) is 15.5 Å². The molecule has 0 aliphatic rings. The highest BCUT2D eigenvalue weighted by molar-refractivity contribution is 9.10. The van der Waals surface area contributed by atoms with Gasteiger partial charge in [-0.25, -0.2) is 0 Å². The van der Waals surface area contributed by atoms with Crippen molar-refractivity contribution in [2.45, 2.75) is 39.7 Å². The van der Waals surface area contributed by atoms with Crippen molar-refractivity contribution in [2.75, 3.05) is 0 Å². The van der Waals surface area contributed by atoms with Crippen molar-refractivity contribution in [1.82, 2.24) is 0 Å². The van der Waals surface area contributed by atoms with Crippen molar-refractivity contribution < 1.29 is 4.92 Å². The second-order valence-electron chi connectivity index (χ2n) is 5.54. The molecule has 0 aliphatic heterocycles. The Kier molecular flexibility index (Phi) is 4.87. The zero-order chi connectivity index (χ0) is 13.9.